The standard InChI is InChI=1S/C35H40F3N5O3/c1-4-25-28(36)9-6-21-12-24(44)13-26(30(21)25)31-29(37)14-27-33(32(31)38)40-35(41-34(27)43-17-22-7-8-23(18-43)39-22)45-11-5-10-42-15-19(2)46-20(3)16-42/h6,9,12-14,19-20,22-23,39,44H,4-5,7-8,10-11,15-18H2,1-3H3. The molecule has 3 fully saturated rings. The highest BCUT2D eigenvalue weighted by Crippen LogP contribution is 2.42. The lowest BCUT2D eigenvalue weighted by Crippen LogP contribution is -2.51. The molecule has 3 aromatic carbocycles. The summed E-state index contributed by atoms with van der Waals surface area (Å²) in [6.45, 7) is 10.0. The second kappa shape index (κ2) is 12.5. The number of rotatable bonds is 8. The van der Waals surface area contributed by atoms with Gasteiger partial charge in [-0.25, -0.2) is 13.2 Å². The third-order valence-electron chi connectivity index (χ3n) is 9.48. The number of phenols is 1. The molecule has 0 radical (unpaired) electrons. The normalized spacial score (nSPS) is 23.5. The number of morpholine rings is 1. The van der Waals surface area contributed by atoms with Gasteiger partial charge in [-0.05, 0) is 85.7 Å². The molecule has 3 saturated heterocycles. The fourth-order valence-electron chi connectivity index (χ4n) is 7.64. The molecule has 4 heterocycles. The molecule has 2 N–H and O–H groups in total. The number of nitrogens with zero attached hydrogens (tertiary/aromatic N) is 4. The molecular weight excluding hydrogens is 595 g/mol. The number of aryl methyl sites for hydroxylation is 1. The van der Waals surface area contributed by atoms with Gasteiger partial charge < -0.3 is 24.8 Å². The van der Waals surface area contributed by atoms with Crippen LogP contribution in [0.3, 0.4) is 0 Å². The number of fused-ring (bicyclic) bond motifs is 4. The lowest BCUT2D eigenvalue weighted by atomic mass is 9.91. The van der Waals surface area contributed by atoms with E-state index in [4.69, 9.17) is 14.5 Å². The Bertz CT molecular complexity index is 1770. The quantitative estimate of drug-likeness (QED) is 0.230. The smallest absolute Gasteiger partial charge is 0.319 e. The zero-order valence-electron chi connectivity index (χ0n) is 26.5. The largest absolute Gasteiger partial charge is 0.508 e. The lowest BCUT2D eigenvalue weighted by molar-refractivity contribution is -0.0686. The van der Waals surface area contributed by atoms with Crippen LogP contribution in [0.2, 0.25) is 0 Å². The van der Waals surface area contributed by atoms with Crippen molar-refractivity contribution in [2.45, 2.75) is 70.7 Å². The summed E-state index contributed by atoms with van der Waals surface area (Å²) in [4.78, 5) is 13.6. The first-order chi connectivity index (χ1) is 22.2. The van der Waals surface area contributed by atoms with Gasteiger partial charge in [0, 0.05) is 50.2 Å². The SMILES string of the molecule is CCc1c(F)ccc2cc(O)cc(-c3c(F)cc4c(N5CC6CCC(C5)N6)nc(OCCCN5CC(C)OC(C)C5)nc4c3F)c12. The van der Waals surface area contributed by atoms with Gasteiger partial charge in [-0.15, -0.1) is 0 Å². The molecule has 0 spiro atoms. The minimum atomic E-state index is -0.906. The van der Waals surface area contributed by atoms with Gasteiger partial charge in [-0.2, -0.15) is 9.97 Å². The van der Waals surface area contributed by atoms with Crippen molar-refractivity contribution in [2.24, 2.45) is 0 Å². The van der Waals surface area contributed by atoms with Crippen LogP contribution in [0.15, 0.2) is 30.3 Å². The maximum Gasteiger partial charge on any atom is 0.319 e. The Morgan fingerprint density at radius 3 is 2.43 bits per heavy atom. The zero-order valence-corrected chi connectivity index (χ0v) is 26.5. The number of anilines is 1. The summed E-state index contributed by atoms with van der Waals surface area (Å²) < 4.78 is 59.9. The number of ether oxygens (including phenoxy) is 2. The molecule has 0 amide bonds. The Balaban J connectivity index is 1.30. The van der Waals surface area contributed by atoms with Crippen LogP contribution in [0, 0.1) is 17.5 Å². The minimum Gasteiger partial charge on any atom is -0.508 e. The minimum absolute atomic E-state index is 0.0228. The number of aromatic hydroxyl groups is 1. The number of halogens is 3. The van der Waals surface area contributed by atoms with Crippen LogP contribution in [0.25, 0.3) is 32.8 Å². The molecule has 2 bridgehead atoms. The molecular formula is C35H40F3N5O3. The zero-order chi connectivity index (χ0) is 32.1. The van der Waals surface area contributed by atoms with E-state index in [1.807, 2.05) is 0 Å². The summed E-state index contributed by atoms with van der Waals surface area (Å²) >= 11 is 0. The van der Waals surface area contributed by atoms with Gasteiger partial charge in [0.1, 0.15) is 28.7 Å². The van der Waals surface area contributed by atoms with Crippen molar-refractivity contribution in [2.75, 3.05) is 44.2 Å². The number of aromatic nitrogens is 2. The molecule has 244 valence electrons. The van der Waals surface area contributed by atoms with Crippen molar-refractivity contribution < 1.29 is 27.8 Å². The molecule has 3 aliphatic rings. The van der Waals surface area contributed by atoms with E-state index in [1.165, 1.54) is 30.3 Å². The van der Waals surface area contributed by atoms with Crippen LogP contribution in [0.4, 0.5) is 19.0 Å². The van der Waals surface area contributed by atoms with Crippen LogP contribution < -0.4 is 15.0 Å². The van der Waals surface area contributed by atoms with E-state index in [0.717, 1.165) is 32.5 Å². The Labute approximate surface area is 266 Å². The Hall–Kier alpha value is -3.67. The maximum atomic E-state index is 16.8. The van der Waals surface area contributed by atoms with Crippen molar-refractivity contribution in [3.63, 3.8) is 0 Å². The molecule has 4 atom stereocenters. The van der Waals surface area contributed by atoms with E-state index in [-0.39, 0.29) is 58.1 Å². The summed E-state index contributed by atoms with van der Waals surface area (Å²) in [6.07, 6.45) is 3.40. The number of nitrogens with one attached hydrogen (secondary N) is 1. The maximum absolute atomic E-state index is 16.8. The van der Waals surface area contributed by atoms with Gasteiger partial charge >= 0.3 is 6.01 Å². The van der Waals surface area contributed by atoms with Crippen LogP contribution in [0.5, 0.6) is 11.8 Å². The van der Waals surface area contributed by atoms with Gasteiger partial charge in [0.15, 0.2) is 5.82 Å². The van der Waals surface area contributed by atoms with Gasteiger partial charge in [0.25, 0.3) is 0 Å². The molecule has 3 aliphatic heterocycles. The number of hydrogen-bond donors (Lipinski definition) is 2. The van der Waals surface area contributed by atoms with Crippen molar-refractivity contribution >= 4 is 27.5 Å². The van der Waals surface area contributed by atoms with Gasteiger partial charge in [0.2, 0.25) is 0 Å². The van der Waals surface area contributed by atoms with E-state index < -0.39 is 17.5 Å². The molecule has 11 heteroatoms. The fourth-order valence-corrected chi connectivity index (χ4v) is 7.64. The monoisotopic (exact) mass is 635 g/mol. The molecule has 0 saturated carbocycles. The van der Waals surface area contributed by atoms with E-state index in [1.54, 1.807) is 6.92 Å². The summed E-state index contributed by atoms with van der Waals surface area (Å²) in [7, 11) is 0. The Morgan fingerprint density at radius 1 is 0.978 bits per heavy atom. The van der Waals surface area contributed by atoms with Crippen LogP contribution in [-0.2, 0) is 11.2 Å². The first kappa shape index (κ1) is 31.0. The molecule has 8 nitrogen and oxygen atoms in total. The third kappa shape index (κ3) is 5.84. The first-order valence-electron chi connectivity index (χ1n) is 16.3. The van der Waals surface area contributed by atoms with E-state index in [2.05, 4.69) is 33.9 Å². The number of piperazine rings is 1. The van der Waals surface area contributed by atoms with Crippen molar-refractivity contribution in [1.29, 1.82) is 0 Å². The average molecular weight is 636 g/mol. The predicted molar refractivity (Wildman–Crippen MR) is 172 cm³/mol. The molecule has 4 aromatic rings. The highest BCUT2D eigenvalue weighted by atomic mass is 19.1. The second-order valence-electron chi connectivity index (χ2n) is 13.0. The second-order valence-corrected chi connectivity index (χ2v) is 13.0. The summed E-state index contributed by atoms with van der Waals surface area (Å²) in [5, 5.41) is 15.2. The van der Waals surface area contributed by atoms with Crippen molar-refractivity contribution in [3.8, 4) is 22.9 Å². The Kier molecular flexibility index (Phi) is 8.41. The van der Waals surface area contributed by atoms with Crippen LogP contribution >= 0.6 is 0 Å². The molecule has 0 aliphatic carbocycles. The van der Waals surface area contributed by atoms with Crippen molar-refractivity contribution in [1.82, 2.24) is 20.2 Å². The van der Waals surface area contributed by atoms with Crippen LogP contribution in [0.1, 0.15) is 45.6 Å². The molecule has 7 rings (SSSR count). The average Bonchev–Trinajstić information content (AvgIpc) is 3.35. The lowest BCUT2D eigenvalue weighted by Gasteiger charge is -2.35. The Morgan fingerprint density at radius 2 is 1.72 bits per heavy atom. The van der Waals surface area contributed by atoms with E-state index in [9.17, 15) is 9.50 Å². The summed E-state index contributed by atoms with van der Waals surface area (Å²) in [6, 6.07) is 7.39. The van der Waals surface area contributed by atoms with E-state index in [0.29, 0.717) is 54.7 Å². The molecule has 46 heavy (non-hydrogen) atoms. The molecule has 4 unspecified atom stereocenters. The van der Waals surface area contributed by atoms with Crippen molar-refractivity contribution in [3.05, 3.63) is 53.3 Å². The summed E-state index contributed by atoms with van der Waals surface area (Å²) in [5.74, 6) is -1.97. The summed E-state index contributed by atoms with van der Waals surface area (Å²) in [5.41, 5.74) is -0.0662. The van der Waals surface area contributed by atoms with Gasteiger partial charge in [-0.3, -0.25) is 4.90 Å². The fraction of sp³-hybridized carbons (Fsp3) is 0.486. The van der Waals surface area contributed by atoms with E-state index >= 15 is 8.78 Å². The van der Waals surface area contributed by atoms with Gasteiger partial charge in [0.05, 0.1) is 24.4 Å². The van der Waals surface area contributed by atoms with Crippen LogP contribution in [-0.4, -0.2) is 83.6 Å². The number of hydrogen-bond acceptors (Lipinski definition) is 8. The number of phenolic OH excluding ortho intramolecular Hbond substituents is 1. The highest BCUT2D eigenvalue weighted by Gasteiger charge is 2.34. The number of benzene rings is 3. The molecule has 1 aromatic heterocycles. The topological polar surface area (TPSA) is 83.0 Å². The third-order valence-corrected chi connectivity index (χ3v) is 9.48. The van der Waals surface area contributed by atoms with Gasteiger partial charge in [-0.1, -0.05) is 13.0 Å². The first-order valence-corrected chi connectivity index (χ1v) is 16.3. The predicted octanol–water partition coefficient (Wildman–Crippen LogP) is 5.95. The highest BCUT2D eigenvalue weighted by molar-refractivity contribution is 6.03.